The Morgan fingerprint density at radius 1 is 1.39 bits per heavy atom. The van der Waals surface area contributed by atoms with Crippen LogP contribution in [0.5, 0.6) is 0 Å². The number of hydrogen-bond acceptors (Lipinski definition) is 4. The molecule has 0 aliphatic carbocycles. The molecular weight excluding hydrogens is 344 g/mol. The van der Waals surface area contributed by atoms with Crippen LogP contribution in [0.1, 0.15) is 29.4 Å². The van der Waals surface area contributed by atoms with Crippen LogP contribution < -0.4 is 10.6 Å². The maximum atomic E-state index is 13.7. The Morgan fingerprint density at radius 2 is 2.13 bits per heavy atom. The number of nitrogens with zero attached hydrogens (tertiary/aromatic N) is 3. The molecule has 0 atom stereocenters. The Balaban J connectivity index is 0.00000192. The predicted octanol–water partition coefficient (Wildman–Crippen LogP) is 2.67. The summed E-state index contributed by atoms with van der Waals surface area (Å²) in [4.78, 5) is 12.1. The quantitative estimate of drug-likeness (QED) is 0.883. The van der Waals surface area contributed by atoms with Crippen LogP contribution in [0.2, 0.25) is 5.02 Å². The van der Waals surface area contributed by atoms with Crippen molar-refractivity contribution in [3.8, 4) is 0 Å². The van der Waals surface area contributed by atoms with E-state index < -0.39 is 11.7 Å². The summed E-state index contributed by atoms with van der Waals surface area (Å²) in [6.07, 6.45) is 3.48. The van der Waals surface area contributed by atoms with E-state index in [0.29, 0.717) is 0 Å². The van der Waals surface area contributed by atoms with Crippen LogP contribution in [-0.4, -0.2) is 34.0 Å². The number of carbonyl (C=O) groups is 1. The topological polar surface area (TPSA) is 71.8 Å². The number of benzene rings is 1. The Bertz CT molecular complexity index is 688. The zero-order chi connectivity index (χ0) is 15.5. The fourth-order valence-corrected chi connectivity index (χ4v) is 2.57. The van der Waals surface area contributed by atoms with E-state index in [1.807, 2.05) is 0 Å². The van der Waals surface area contributed by atoms with Gasteiger partial charge in [-0.15, -0.1) is 17.5 Å². The second-order valence-corrected chi connectivity index (χ2v) is 5.58. The summed E-state index contributed by atoms with van der Waals surface area (Å²) in [6.45, 7) is 1.84. The van der Waals surface area contributed by atoms with Crippen LogP contribution >= 0.6 is 24.0 Å². The third-order valence-electron chi connectivity index (χ3n) is 3.61. The van der Waals surface area contributed by atoms with E-state index >= 15 is 0 Å². The average molecular weight is 360 g/mol. The first-order chi connectivity index (χ1) is 10.6. The van der Waals surface area contributed by atoms with Crippen molar-refractivity contribution in [1.29, 1.82) is 0 Å². The molecule has 1 amide bonds. The molecule has 2 N–H and O–H groups in total. The molecule has 23 heavy (non-hydrogen) atoms. The average Bonchev–Trinajstić information content (AvgIpc) is 3.01. The van der Waals surface area contributed by atoms with Gasteiger partial charge in [-0.2, -0.15) is 0 Å². The molecule has 2 aromatic rings. The molecule has 1 saturated heterocycles. The highest BCUT2D eigenvalue weighted by atomic mass is 35.5. The summed E-state index contributed by atoms with van der Waals surface area (Å²) < 4.78 is 15.4. The molecule has 6 nitrogen and oxygen atoms in total. The highest BCUT2D eigenvalue weighted by Gasteiger charge is 2.19. The summed E-state index contributed by atoms with van der Waals surface area (Å²) in [5.74, 6) is -1.09. The number of piperidine rings is 1. The van der Waals surface area contributed by atoms with Crippen molar-refractivity contribution in [1.82, 2.24) is 20.3 Å². The first-order valence-corrected chi connectivity index (χ1v) is 7.40. The molecule has 0 unspecified atom stereocenters. The molecule has 1 aromatic heterocycles. The standard InChI is InChI=1S/C14H15ClFN5O.ClH/c15-9-1-2-12(11(16)7-9)18-14(22)13-8-21(20-19-13)10-3-5-17-6-4-10;/h1-2,7-8,10,17H,3-6H2,(H,18,22);1H. The van der Waals surface area contributed by atoms with Crippen LogP contribution in [0.25, 0.3) is 0 Å². The first kappa shape index (κ1) is 17.7. The molecule has 1 aliphatic rings. The van der Waals surface area contributed by atoms with Gasteiger partial charge < -0.3 is 10.6 Å². The lowest BCUT2D eigenvalue weighted by molar-refractivity contribution is 0.102. The van der Waals surface area contributed by atoms with Crippen LogP contribution in [-0.2, 0) is 0 Å². The Hall–Kier alpha value is -1.70. The largest absolute Gasteiger partial charge is 0.318 e. The molecule has 1 fully saturated rings. The van der Waals surface area contributed by atoms with Crippen molar-refractivity contribution >= 4 is 35.6 Å². The number of nitrogens with one attached hydrogen (secondary N) is 2. The van der Waals surface area contributed by atoms with Crippen molar-refractivity contribution in [3.63, 3.8) is 0 Å². The summed E-state index contributed by atoms with van der Waals surface area (Å²) in [6, 6.07) is 4.30. The van der Waals surface area contributed by atoms with Gasteiger partial charge in [0.25, 0.3) is 5.91 Å². The molecule has 0 bridgehead atoms. The smallest absolute Gasteiger partial charge is 0.277 e. The van der Waals surface area contributed by atoms with Gasteiger partial charge in [0.2, 0.25) is 0 Å². The summed E-state index contributed by atoms with van der Waals surface area (Å²) in [5, 5.41) is 13.9. The molecule has 124 valence electrons. The van der Waals surface area contributed by atoms with Crippen LogP contribution in [0.4, 0.5) is 10.1 Å². The minimum absolute atomic E-state index is 0. The Labute approximate surface area is 143 Å². The van der Waals surface area contributed by atoms with Gasteiger partial charge in [-0.1, -0.05) is 16.8 Å². The number of hydrogen-bond donors (Lipinski definition) is 2. The molecule has 0 saturated carbocycles. The maximum absolute atomic E-state index is 13.7. The fourth-order valence-electron chi connectivity index (χ4n) is 2.41. The Morgan fingerprint density at radius 3 is 2.83 bits per heavy atom. The SMILES string of the molecule is Cl.O=C(Nc1ccc(Cl)cc1F)c1cn(C2CCNCC2)nn1. The number of anilines is 1. The van der Waals surface area contributed by atoms with Crippen LogP contribution in [0.3, 0.4) is 0 Å². The fraction of sp³-hybridized carbons (Fsp3) is 0.357. The molecular formula is C14H16Cl2FN5O. The van der Waals surface area contributed by atoms with Gasteiger partial charge in [0.1, 0.15) is 5.82 Å². The van der Waals surface area contributed by atoms with E-state index in [4.69, 9.17) is 11.6 Å². The third kappa shape index (κ3) is 4.19. The lowest BCUT2D eigenvalue weighted by atomic mass is 10.1. The van der Waals surface area contributed by atoms with E-state index in [1.165, 1.54) is 12.1 Å². The van der Waals surface area contributed by atoms with Gasteiger partial charge in [-0.25, -0.2) is 9.07 Å². The monoisotopic (exact) mass is 359 g/mol. The third-order valence-corrected chi connectivity index (χ3v) is 3.84. The van der Waals surface area contributed by atoms with Gasteiger partial charge in [-0.05, 0) is 44.1 Å². The number of rotatable bonds is 3. The van der Waals surface area contributed by atoms with Gasteiger partial charge >= 0.3 is 0 Å². The van der Waals surface area contributed by atoms with Gasteiger partial charge in [-0.3, -0.25) is 4.79 Å². The van der Waals surface area contributed by atoms with E-state index in [0.717, 1.165) is 32.0 Å². The number of halogens is 3. The van der Waals surface area contributed by atoms with E-state index in [-0.39, 0.29) is 34.9 Å². The second-order valence-electron chi connectivity index (χ2n) is 5.14. The van der Waals surface area contributed by atoms with Gasteiger partial charge in [0.05, 0.1) is 17.9 Å². The van der Waals surface area contributed by atoms with Crippen molar-refractivity contribution in [3.05, 3.63) is 40.9 Å². The normalized spacial score (nSPS) is 15.0. The predicted molar refractivity (Wildman–Crippen MR) is 87.8 cm³/mol. The van der Waals surface area contributed by atoms with E-state index in [9.17, 15) is 9.18 Å². The number of aromatic nitrogens is 3. The van der Waals surface area contributed by atoms with Crippen molar-refractivity contribution in [2.45, 2.75) is 18.9 Å². The molecule has 3 rings (SSSR count). The molecule has 1 aromatic carbocycles. The zero-order valence-electron chi connectivity index (χ0n) is 12.1. The summed E-state index contributed by atoms with van der Waals surface area (Å²) in [7, 11) is 0. The molecule has 0 radical (unpaired) electrons. The van der Waals surface area contributed by atoms with Gasteiger partial charge in [0, 0.05) is 5.02 Å². The lowest BCUT2D eigenvalue weighted by Crippen LogP contribution is -2.29. The van der Waals surface area contributed by atoms with Crippen LogP contribution in [0, 0.1) is 5.82 Å². The number of amides is 1. The van der Waals surface area contributed by atoms with E-state index in [1.54, 1.807) is 10.9 Å². The maximum Gasteiger partial charge on any atom is 0.277 e. The summed E-state index contributed by atoms with van der Waals surface area (Å²) in [5.41, 5.74) is 0.221. The van der Waals surface area contributed by atoms with Gasteiger partial charge in [0.15, 0.2) is 5.69 Å². The minimum Gasteiger partial charge on any atom is -0.318 e. The highest BCUT2D eigenvalue weighted by Crippen LogP contribution is 2.20. The molecule has 9 heteroatoms. The Kier molecular flexibility index (Phi) is 5.92. The molecule has 1 aliphatic heterocycles. The van der Waals surface area contributed by atoms with Crippen molar-refractivity contribution in [2.24, 2.45) is 0 Å². The lowest BCUT2D eigenvalue weighted by Gasteiger charge is -2.22. The highest BCUT2D eigenvalue weighted by molar-refractivity contribution is 6.30. The zero-order valence-corrected chi connectivity index (χ0v) is 13.7. The minimum atomic E-state index is -0.591. The van der Waals surface area contributed by atoms with Crippen molar-refractivity contribution in [2.75, 3.05) is 18.4 Å². The van der Waals surface area contributed by atoms with E-state index in [2.05, 4.69) is 20.9 Å². The molecule has 0 spiro atoms. The van der Waals surface area contributed by atoms with Crippen LogP contribution in [0.15, 0.2) is 24.4 Å². The first-order valence-electron chi connectivity index (χ1n) is 7.02. The summed E-state index contributed by atoms with van der Waals surface area (Å²) >= 11 is 5.68. The molecule has 2 heterocycles. The number of carbonyl (C=O) groups excluding carboxylic acids is 1. The van der Waals surface area contributed by atoms with Crippen molar-refractivity contribution < 1.29 is 9.18 Å². The second kappa shape index (κ2) is 7.72.